The molecule has 0 spiro atoms. The molecule has 0 aliphatic carbocycles. The van der Waals surface area contributed by atoms with Crippen molar-refractivity contribution in [2.45, 2.75) is 25.4 Å². The molecule has 1 fully saturated rings. The van der Waals surface area contributed by atoms with Gasteiger partial charge in [-0.3, -0.25) is 4.79 Å². The van der Waals surface area contributed by atoms with Crippen molar-refractivity contribution in [3.8, 4) is 5.75 Å². The second-order valence-corrected chi connectivity index (χ2v) is 6.98. The van der Waals surface area contributed by atoms with Crippen LogP contribution in [0, 0.1) is 5.92 Å². The van der Waals surface area contributed by atoms with Gasteiger partial charge >= 0.3 is 12.1 Å². The van der Waals surface area contributed by atoms with Crippen LogP contribution in [0.4, 0.5) is 13.2 Å². The largest absolute Gasteiger partial charge is 0.492 e. The van der Waals surface area contributed by atoms with E-state index in [-0.39, 0.29) is 5.92 Å². The van der Waals surface area contributed by atoms with E-state index in [1.54, 1.807) is 0 Å². The second-order valence-electron chi connectivity index (χ2n) is 6.98. The standard InChI is InChI=1S/C19H27F3N2O3/c1-23(9-2-10-24-11-7-15(8-12-24)18(25)26)13-14-27-17-5-3-16(4-6-17)19(20,21)22/h3-6,15H,2,7-14H2,1H3,(H,25,26). The van der Waals surface area contributed by atoms with E-state index in [1.807, 2.05) is 7.05 Å². The van der Waals surface area contributed by atoms with Crippen molar-refractivity contribution in [3.05, 3.63) is 29.8 Å². The van der Waals surface area contributed by atoms with Gasteiger partial charge in [0, 0.05) is 6.54 Å². The van der Waals surface area contributed by atoms with Gasteiger partial charge in [-0.05, 0) is 76.8 Å². The number of hydrogen-bond acceptors (Lipinski definition) is 4. The summed E-state index contributed by atoms with van der Waals surface area (Å²) >= 11 is 0. The van der Waals surface area contributed by atoms with Crippen molar-refractivity contribution in [2.24, 2.45) is 5.92 Å². The fourth-order valence-electron chi connectivity index (χ4n) is 3.14. The highest BCUT2D eigenvalue weighted by Crippen LogP contribution is 2.30. The Morgan fingerprint density at radius 2 is 1.85 bits per heavy atom. The smallest absolute Gasteiger partial charge is 0.416 e. The molecule has 1 aliphatic heterocycles. The molecule has 0 aromatic heterocycles. The van der Waals surface area contributed by atoms with Crippen LogP contribution in [0.1, 0.15) is 24.8 Å². The lowest BCUT2D eigenvalue weighted by atomic mass is 9.97. The summed E-state index contributed by atoms with van der Waals surface area (Å²) in [4.78, 5) is 15.4. The third kappa shape index (κ3) is 7.38. The van der Waals surface area contributed by atoms with E-state index in [0.717, 1.165) is 44.7 Å². The number of hydrogen-bond donors (Lipinski definition) is 1. The average molecular weight is 388 g/mol. The lowest BCUT2D eigenvalue weighted by Gasteiger charge is -2.30. The maximum absolute atomic E-state index is 12.5. The predicted octanol–water partition coefficient (Wildman–Crippen LogP) is 3.20. The molecule has 1 saturated heterocycles. The molecule has 0 bridgehead atoms. The van der Waals surface area contributed by atoms with Gasteiger partial charge in [-0.1, -0.05) is 0 Å². The van der Waals surface area contributed by atoms with Crippen LogP contribution >= 0.6 is 0 Å². The van der Waals surface area contributed by atoms with Gasteiger partial charge in [0.15, 0.2) is 0 Å². The Labute approximate surface area is 157 Å². The van der Waals surface area contributed by atoms with Crippen molar-refractivity contribution in [3.63, 3.8) is 0 Å². The number of likely N-dealkylation sites (N-methyl/N-ethyl adjacent to an activating group) is 1. The number of carboxylic acid groups (broad SMARTS) is 1. The molecule has 0 amide bonds. The third-order valence-electron chi connectivity index (χ3n) is 4.87. The average Bonchev–Trinajstić information content (AvgIpc) is 2.62. The number of halogens is 3. The normalized spacial score (nSPS) is 16.6. The quantitative estimate of drug-likeness (QED) is 0.704. The monoisotopic (exact) mass is 388 g/mol. The maximum Gasteiger partial charge on any atom is 0.416 e. The summed E-state index contributed by atoms with van der Waals surface area (Å²) in [6.07, 6.45) is -1.92. The molecule has 1 N–H and O–H groups in total. The zero-order valence-corrected chi connectivity index (χ0v) is 15.5. The first-order valence-corrected chi connectivity index (χ1v) is 9.19. The van der Waals surface area contributed by atoms with Crippen LogP contribution in [-0.4, -0.2) is 67.3 Å². The van der Waals surface area contributed by atoms with Gasteiger partial charge in [-0.15, -0.1) is 0 Å². The van der Waals surface area contributed by atoms with Gasteiger partial charge in [0.25, 0.3) is 0 Å². The molecule has 1 aromatic carbocycles. The molecule has 0 radical (unpaired) electrons. The summed E-state index contributed by atoms with van der Waals surface area (Å²) in [5.41, 5.74) is -0.681. The number of piperidine rings is 1. The Morgan fingerprint density at radius 1 is 1.22 bits per heavy atom. The zero-order valence-electron chi connectivity index (χ0n) is 15.5. The molecule has 152 valence electrons. The van der Waals surface area contributed by atoms with Crippen LogP contribution in [0.5, 0.6) is 5.75 Å². The first-order valence-electron chi connectivity index (χ1n) is 9.19. The molecular weight excluding hydrogens is 361 g/mol. The van der Waals surface area contributed by atoms with Crippen molar-refractivity contribution < 1.29 is 27.8 Å². The first-order chi connectivity index (χ1) is 12.8. The third-order valence-corrected chi connectivity index (χ3v) is 4.87. The van der Waals surface area contributed by atoms with Crippen LogP contribution in [0.3, 0.4) is 0 Å². The SMILES string of the molecule is CN(CCCN1CCC(C(=O)O)CC1)CCOc1ccc(C(F)(F)F)cc1. The first kappa shape index (κ1) is 21.5. The Kier molecular flexibility index (Phi) is 7.91. The number of carboxylic acids is 1. The van der Waals surface area contributed by atoms with Crippen molar-refractivity contribution in [1.82, 2.24) is 9.80 Å². The van der Waals surface area contributed by atoms with E-state index in [1.165, 1.54) is 12.1 Å². The van der Waals surface area contributed by atoms with E-state index < -0.39 is 17.7 Å². The lowest BCUT2D eigenvalue weighted by molar-refractivity contribution is -0.143. The van der Waals surface area contributed by atoms with Crippen LogP contribution in [0.15, 0.2) is 24.3 Å². The molecule has 1 aliphatic rings. The molecular formula is C19H27F3N2O3. The van der Waals surface area contributed by atoms with Crippen LogP contribution in [0.25, 0.3) is 0 Å². The minimum Gasteiger partial charge on any atom is -0.492 e. The number of likely N-dealkylation sites (tertiary alicyclic amines) is 1. The molecule has 0 saturated carbocycles. The highest BCUT2D eigenvalue weighted by atomic mass is 19.4. The Balaban J connectivity index is 1.57. The number of rotatable bonds is 9. The molecule has 8 heteroatoms. The molecule has 0 unspecified atom stereocenters. The summed E-state index contributed by atoms with van der Waals surface area (Å²) in [7, 11) is 1.98. The van der Waals surface area contributed by atoms with Gasteiger partial charge in [0.2, 0.25) is 0 Å². The molecule has 1 heterocycles. The van der Waals surface area contributed by atoms with Gasteiger partial charge in [-0.2, -0.15) is 13.2 Å². The Hall–Kier alpha value is -1.80. The molecule has 1 aromatic rings. The predicted molar refractivity (Wildman–Crippen MR) is 95.9 cm³/mol. The van der Waals surface area contributed by atoms with Crippen molar-refractivity contribution in [2.75, 3.05) is 46.4 Å². The number of carbonyl (C=O) groups is 1. The molecule has 0 atom stereocenters. The zero-order chi connectivity index (χ0) is 19.9. The van der Waals surface area contributed by atoms with E-state index >= 15 is 0 Å². The van der Waals surface area contributed by atoms with Gasteiger partial charge in [-0.25, -0.2) is 0 Å². The summed E-state index contributed by atoms with van der Waals surface area (Å²) in [5.74, 6) is -0.466. The van der Waals surface area contributed by atoms with E-state index in [4.69, 9.17) is 9.84 Å². The Bertz CT molecular complexity index is 585. The fourth-order valence-corrected chi connectivity index (χ4v) is 3.14. The van der Waals surface area contributed by atoms with Crippen molar-refractivity contribution in [1.29, 1.82) is 0 Å². The lowest BCUT2D eigenvalue weighted by Crippen LogP contribution is -2.38. The number of nitrogens with zero attached hydrogens (tertiary/aromatic N) is 2. The van der Waals surface area contributed by atoms with Gasteiger partial charge in [0.1, 0.15) is 12.4 Å². The summed E-state index contributed by atoms with van der Waals surface area (Å²) in [6, 6.07) is 4.71. The Morgan fingerprint density at radius 3 is 2.41 bits per heavy atom. The summed E-state index contributed by atoms with van der Waals surface area (Å²) in [5, 5.41) is 9.00. The van der Waals surface area contributed by atoms with Gasteiger partial charge < -0.3 is 19.6 Å². The van der Waals surface area contributed by atoms with Crippen LogP contribution < -0.4 is 4.74 Å². The molecule has 27 heavy (non-hydrogen) atoms. The summed E-state index contributed by atoms with van der Waals surface area (Å²) < 4.78 is 43.0. The minimum absolute atomic E-state index is 0.203. The highest BCUT2D eigenvalue weighted by Gasteiger charge is 2.30. The second kappa shape index (κ2) is 9.94. The highest BCUT2D eigenvalue weighted by molar-refractivity contribution is 5.70. The topological polar surface area (TPSA) is 53.0 Å². The number of ether oxygens (including phenoxy) is 1. The number of aliphatic carboxylic acids is 1. The maximum atomic E-state index is 12.5. The number of alkyl halides is 3. The fraction of sp³-hybridized carbons (Fsp3) is 0.632. The van der Waals surface area contributed by atoms with E-state index in [2.05, 4.69) is 9.80 Å². The van der Waals surface area contributed by atoms with Crippen LogP contribution in [0.2, 0.25) is 0 Å². The van der Waals surface area contributed by atoms with Crippen molar-refractivity contribution >= 4 is 5.97 Å². The molecule has 2 rings (SSSR count). The van der Waals surface area contributed by atoms with Gasteiger partial charge in [0.05, 0.1) is 11.5 Å². The number of benzene rings is 1. The van der Waals surface area contributed by atoms with E-state index in [9.17, 15) is 18.0 Å². The minimum atomic E-state index is -4.33. The molecule has 5 nitrogen and oxygen atoms in total. The van der Waals surface area contributed by atoms with Crippen LogP contribution in [-0.2, 0) is 11.0 Å². The van der Waals surface area contributed by atoms with E-state index in [0.29, 0.717) is 31.7 Å². The summed E-state index contributed by atoms with van der Waals surface area (Å²) in [6.45, 7) is 4.58.